The van der Waals surface area contributed by atoms with Crippen LogP contribution in [0.5, 0.6) is 0 Å². The van der Waals surface area contributed by atoms with Crippen LogP contribution >= 0.6 is 0 Å². The summed E-state index contributed by atoms with van der Waals surface area (Å²) >= 11 is 0. The molecule has 2 heteroatoms. The molecule has 1 fully saturated rings. The topological polar surface area (TPSA) is 21.3 Å². The summed E-state index contributed by atoms with van der Waals surface area (Å²) in [5.41, 5.74) is 0. The van der Waals surface area contributed by atoms with Gasteiger partial charge in [0.2, 0.25) is 0 Å². The second-order valence-electron chi connectivity index (χ2n) is 3.55. The van der Waals surface area contributed by atoms with Gasteiger partial charge in [0.15, 0.2) is 0 Å². The van der Waals surface area contributed by atoms with E-state index in [0.29, 0.717) is 6.10 Å². The Morgan fingerprint density at radius 2 is 2.25 bits per heavy atom. The van der Waals surface area contributed by atoms with Gasteiger partial charge >= 0.3 is 0 Å². The molecule has 0 amide bonds. The Balaban J connectivity index is 1.91. The van der Waals surface area contributed by atoms with E-state index in [1.54, 1.807) is 0 Å². The molecule has 0 spiro atoms. The molecule has 1 rings (SSSR count). The summed E-state index contributed by atoms with van der Waals surface area (Å²) in [5, 5.41) is 3.35. The fourth-order valence-corrected chi connectivity index (χ4v) is 1.60. The quantitative estimate of drug-likeness (QED) is 0.638. The van der Waals surface area contributed by atoms with Crippen molar-refractivity contribution in [1.29, 1.82) is 0 Å². The smallest absolute Gasteiger partial charge is 0.0700 e. The molecule has 1 atom stereocenters. The summed E-state index contributed by atoms with van der Waals surface area (Å²) in [6.45, 7) is 5.24. The Bertz CT molecular complexity index is 100. The third-order valence-corrected chi connectivity index (χ3v) is 2.38. The highest BCUT2D eigenvalue weighted by atomic mass is 16.5. The van der Waals surface area contributed by atoms with Crippen molar-refractivity contribution in [3.63, 3.8) is 0 Å². The van der Waals surface area contributed by atoms with Crippen LogP contribution in [0.2, 0.25) is 0 Å². The van der Waals surface area contributed by atoms with Crippen molar-refractivity contribution >= 4 is 0 Å². The number of ether oxygens (including phenoxy) is 1. The second kappa shape index (κ2) is 6.44. The fourth-order valence-electron chi connectivity index (χ4n) is 1.60. The van der Waals surface area contributed by atoms with E-state index < -0.39 is 0 Å². The molecule has 0 aromatic carbocycles. The van der Waals surface area contributed by atoms with Gasteiger partial charge in [0, 0.05) is 13.1 Å². The molecule has 2 nitrogen and oxygen atoms in total. The standard InChI is InChI=1S/C10H21NO/c1-2-3-4-5-6-10-9-11-7-8-12-10/h10-11H,2-9H2,1H3. The van der Waals surface area contributed by atoms with Crippen molar-refractivity contribution in [2.45, 2.75) is 45.1 Å². The van der Waals surface area contributed by atoms with E-state index in [0.717, 1.165) is 19.7 Å². The average Bonchev–Trinajstić information content (AvgIpc) is 2.14. The Kier molecular flexibility index (Phi) is 5.37. The Hall–Kier alpha value is -0.0800. The van der Waals surface area contributed by atoms with Crippen LogP contribution in [0.4, 0.5) is 0 Å². The molecule has 0 saturated carbocycles. The summed E-state index contributed by atoms with van der Waals surface area (Å²) in [6, 6.07) is 0. The van der Waals surface area contributed by atoms with Gasteiger partial charge in [0.1, 0.15) is 0 Å². The monoisotopic (exact) mass is 171 g/mol. The van der Waals surface area contributed by atoms with Crippen molar-refractivity contribution < 1.29 is 4.74 Å². The first-order valence-electron chi connectivity index (χ1n) is 5.26. The van der Waals surface area contributed by atoms with E-state index in [9.17, 15) is 0 Å². The van der Waals surface area contributed by atoms with Crippen LogP contribution in [0, 0.1) is 0 Å². The van der Waals surface area contributed by atoms with Crippen molar-refractivity contribution in [2.24, 2.45) is 0 Å². The molecule has 72 valence electrons. The van der Waals surface area contributed by atoms with Gasteiger partial charge in [-0.2, -0.15) is 0 Å². The molecule has 0 radical (unpaired) electrons. The maximum atomic E-state index is 5.60. The van der Waals surface area contributed by atoms with E-state index in [1.807, 2.05) is 0 Å². The van der Waals surface area contributed by atoms with Crippen LogP contribution < -0.4 is 5.32 Å². The van der Waals surface area contributed by atoms with E-state index in [4.69, 9.17) is 4.74 Å². The molecule has 0 aromatic rings. The summed E-state index contributed by atoms with van der Waals surface area (Å²) in [4.78, 5) is 0. The highest BCUT2D eigenvalue weighted by molar-refractivity contribution is 4.66. The molecule has 0 bridgehead atoms. The zero-order valence-electron chi connectivity index (χ0n) is 8.14. The van der Waals surface area contributed by atoms with Crippen LogP contribution in [-0.4, -0.2) is 25.8 Å². The lowest BCUT2D eigenvalue weighted by molar-refractivity contribution is 0.0221. The van der Waals surface area contributed by atoms with Gasteiger partial charge in [-0.1, -0.05) is 32.6 Å². The number of nitrogens with one attached hydrogen (secondary N) is 1. The van der Waals surface area contributed by atoms with Crippen LogP contribution in [0.3, 0.4) is 0 Å². The van der Waals surface area contributed by atoms with Gasteiger partial charge in [-0.15, -0.1) is 0 Å². The van der Waals surface area contributed by atoms with Gasteiger partial charge < -0.3 is 10.1 Å². The van der Waals surface area contributed by atoms with Gasteiger partial charge in [0.25, 0.3) is 0 Å². The SMILES string of the molecule is CCCCCCC1CNCCO1. The summed E-state index contributed by atoms with van der Waals surface area (Å²) < 4.78 is 5.60. The maximum absolute atomic E-state index is 5.60. The van der Waals surface area contributed by atoms with Crippen molar-refractivity contribution in [3.05, 3.63) is 0 Å². The number of unbranched alkanes of at least 4 members (excludes halogenated alkanes) is 3. The van der Waals surface area contributed by atoms with Crippen LogP contribution in [-0.2, 0) is 4.74 Å². The Morgan fingerprint density at radius 1 is 1.33 bits per heavy atom. The van der Waals surface area contributed by atoms with Crippen molar-refractivity contribution in [1.82, 2.24) is 5.32 Å². The number of morpholine rings is 1. The van der Waals surface area contributed by atoms with Gasteiger partial charge in [-0.3, -0.25) is 0 Å². The number of hydrogen-bond donors (Lipinski definition) is 1. The van der Waals surface area contributed by atoms with Crippen LogP contribution in [0.1, 0.15) is 39.0 Å². The number of rotatable bonds is 5. The Labute approximate surface area is 75.7 Å². The zero-order chi connectivity index (χ0) is 8.65. The average molecular weight is 171 g/mol. The first kappa shape index (κ1) is 10.0. The first-order chi connectivity index (χ1) is 5.93. The summed E-state index contributed by atoms with van der Waals surface area (Å²) in [7, 11) is 0. The highest BCUT2D eigenvalue weighted by Crippen LogP contribution is 2.09. The normalized spacial score (nSPS) is 24.2. The lowest BCUT2D eigenvalue weighted by Crippen LogP contribution is -2.38. The molecule has 1 aliphatic heterocycles. The molecule has 1 aliphatic rings. The lowest BCUT2D eigenvalue weighted by Gasteiger charge is -2.23. The minimum atomic E-state index is 0.496. The molecule has 12 heavy (non-hydrogen) atoms. The minimum absolute atomic E-state index is 0.496. The fraction of sp³-hybridized carbons (Fsp3) is 1.00. The first-order valence-corrected chi connectivity index (χ1v) is 5.26. The predicted molar refractivity (Wildman–Crippen MR) is 51.4 cm³/mol. The lowest BCUT2D eigenvalue weighted by atomic mass is 10.1. The molecule has 1 unspecified atom stereocenters. The van der Waals surface area contributed by atoms with Crippen molar-refractivity contribution in [2.75, 3.05) is 19.7 Å². The highest BCUT2D eigenvalue weighted by Gasteiger charge is 2.11. The second-order valence-corrected chi connectivity index (χ2v) is 3.55. The van der Waals surface area contributed by atoms with E-state index in [-0.39, 0.29) is 0 Å². The van der Waals surface area contributed by atoms with Gasteiger partial charge in [0.05, 0.1) is 12.7 Å². The molecule has 0 aliphatic carbocycles. The Morgan fingerprint density at radius 3 is 2.92 bits per heavy atom. The van der Waals surface area contributed by atoms with E-state index >= 15 is 0 Å². The van der Waals surface area contributed by atoms with Gasteiger partial charge in [-0.05, 0) is 6.42 Å². The minimum Gasteiger partial charge on any atom is -0.376 e. The largest absolute Gasteiger partial charge is 0.376 e. The maximum Gasteiger partial charge on any atom is 0.0700 e. The third kappa shape index (κ3) is 4.07. The molecule has 1 heterocycles. The van der Waals surface area contributed by atoms with Crippen LogP contribution in [0.25, 0.3) is 0 Å². The molecule has 1 N–H and O–H groups in total. The third-order valence-electron chi connectivity index (χ3n) is 2.38. The molecular weight excluding hydrogens is 150 g/mol. The van der Waals surface area contributed by atoms with Crippen molar-refractivity contribution in [3.8, 4) is 0 Å². The zero-order valence-corrected chi connectivity index (χ0v) is 8.14. The molecular formula is C10H21NO. The van der Waals surface area contributed by atoms with Gasteiger partial charge in [-0.25, -0.2) is 0 Å². The van der Waals surface area contributed by atoms with E-state index in [2.05, 4.69) is 12.2 Å². The summed E-state index contributed by atoms with van der Waals surface area (Å²) in [6.07, 6.45) is 7.14. The number of hydrogen-bond acceptors (Lipinski definition) is 2. The molecule has 0 aromatic heterocycles. The summed E-state index contributed by atoms with van der Waals surface area (Å²) in [5.74, 6) is 0. The van der Waals surface area contributed by atoms with Crippen LogP contribution in [0.15, 0.2) is 0 Å². The van der Waals surface area contributed by atoms with E-state index in [1.165, 1.54) is 32.1 Å². The molecule has 1 saturated heterocycles. The predicted octanol–water partition coefficient (Wildman–Crippen LogP) is 1.95.